The van der Waals surface area contributed by atoms with Crippen LogP contribution in [0.1, 0.15) is 60.4 Å². The summed E-state index contributed by atoms with van der Waals surface area (Å²) in [6.07, 6.45) is 9.48. The van der Waals surface area contributed by atoms with Crippen LogP contribution in [0.5, 0.6) is 11.5 Å². The zero-order valence-corrected chi connectivity index (χ0v) is 19.4. The molecule has 0 N–H and O–H groups in total. The highest BCUT2D eigenvalue weighted by atomic mass is 16.5. The number of hydrogen-bond acceptors (Lipinski definition) is 5. The third kappa shape index (κ3) is 5.53. The normalized spacial score (nSPS) is 14.3. The van der Waals surface area contributed by atoms with Gasteiger partial charge in [0.2, 0.25) is 0 Å². The number of carbonyl (C=O) groups is 1. The summed E-state index contributed by atoms with van der Waals surface area (Å²) in [5.41, 5.74) is 1.65. The van der Waals surface area contributed by atoms with Gasteiger partial charge in [0.05, 0.1) is 26.0 Å². The molecule has 1 aliphatic heterocycles. The first-order chi connectivity index (χ1) is 16.2. The van der Waals surface area contributed by atoms with Crippen molar-refractivity contribution >= 4 is 5.91 Å². The van der Waals surface area contributed by atoms with E-state index in [-0.39, 0.29) is 5.91 Å². The van der Waals surface area contributed by atoms with Crippen LogP contribution < -0.4 is 9.47 Å². The molecule has 7 nitrogen and oxygen atoms in total. The Labute approximate surface area is 195 Å². The van der Waals surface area contributed by atoms with Gasteiger partial charge in [0.25, 0.3) is 5.91 Å². The van der Waals surface area contributed by atoms with Crippen LogP contribution >= 0.6 is 0 Å². The van der Waals surface area contributed by atoms with Gasteiger partial charge in [-0.25, -0.2) is 4.98 Å². The van der Waals surface area contributed by atoms with Crippen molar-refractivity contribution in [3.8, 4) is 11.5 Å². The predicted molar refractivity (Wildman–Crippen MR) is 127 cm³/mol. The summed E-state index contributed by atoms with van der Waals surface area (Å²) in [6, 6.07) is 11.4. The van der Waals surface area contributed by atoms with Gasteiger partial charge in [0.1, 0.15) is 5.82 Å². The van der Waals surface area contributed by atoms with Gasteiger partial charge in [-0.3, -0.25) is 9.78 Å². The number of pyridine rings is 1. The first kappa shape index (κ1) is 22.8. The molecular weight excluding hydrogens is 416 g/mol. The second-order valence-corrected chi connectivity index (χ2v) is 8.37. The zero-order valence-electron chi connectivity index (χ0n) is 19.4. The Hall–Kier alpha value is -3.35. The molecule has 7 heteroatoms. The maximum atomic E-state index is 13.2. The van der Waals surface area contributed by atoms with Crippen molar-refractivity contribution in [2.24, 2.45) is 0 Å². The van der Waals surface area contributed by atoms with Crippen LogP contribution in [-0.4, -0.2) is 52.1 Å². The van der Waals surface area contributed by atoms with Gasteiger partial charge in [-0.05, 0) is 49.6 Å². The number of likely N-dealkylation sites (tertiary alicyclic amines) is 1. The van der Waals surface area contributed by atoms with Crippen LogP contribution in [0, 0.1) is 0 Å². The van der Waals surface area contributed by atoms with Gasteiger partial charge >= 0.3 is 0 Å². The van der Waals surface area contributed by atoms with Crippen molar-refractivity contribution in [2.75, 3.05) is 26.8 Å². The highest BCUT2D eigenvalue weighted by Gasteiger charge is 2.27. The Kier molecular flexibility index (Phi) is 7.60. The van der Waals surface area contributed by atoms with E-state index < -0.39 is 0 Å². The third-order valence-corrected chi connectivity index (χ3v) is 6.12. The Balaban J connectivity index is 1.39. The number of imidazole rings is 1. The standard InChI is InChI=1S/C26H32N4O3/c1-3-4-17-33-24-18-21(8-9-23(24)32-2)26(31)29-14-10-20(11-15-29)25-28-13-16-30(25)19-22-7-5-6-12-27-22/h5-9,12-13,16,18,20H,3-4,10-11,14-15,17,19H2,1-2H3. The van der Waals surface area contributed by atoms with E-state index >= 15 is 0 Å². The lowest BCUT2D eigenvalue weighted by Gasteiger charge is -2.32. The lowest BCUT2D eigenvalue weighted by Crippen LogP contribution is -2.38. The van der Waals surface area contributed by atoms with E-state index in [0.29, 0.717) is 49.2 Å². The van der Waals surface area contributed by atoms with Crippen molar-refractivity contribution in [3.63, 3.8) is 0 Å². The molecule has 0 bridgehead atoms. The number of nitrogens with zero attached hydrogens (tertiary/aromatic N) is 4. The van der Waals surface area contributed by atoms with E-state index in [1.807, 2.05) is 59.9 Å². The van der Waals surface area contributed by atoms with Gasteiger partial charge in [0.15, 0.2) is 11.5 Å². The third-order valence-electron chi connectivity index (χ3n) is 6.12. The Morgan fingerprint density at radius 3 is 2.67 bits per heavy atom. The van der Waals surface area contributed by atoms with Gasteiger partial charge in [-0.15, -0.1) is 0 Å². The average Bonchev–Trinajstić information content (AvgIpc) is 3.32. The van der Waals surface area contributed by atoms with Gasteiger partial charge in [-0.2, -0.15) is 0 Å². The largest absolute Gasteiger partial charge is 0.493 e. The van der Waals surface area contributed by atoms with E-state index in [1.54, 1.807) is 7.11 Å². The maximum Gasteiger partial charge on any atom is 0.253 e. The number of amides is 1. The van der Waals surface area contributed by atoms with E-state index in [1.165, 1.54) is 0 Å². The lowest BCUT2D eigenvalue weighted by atomic mass is 9.95. The summed E-state index contributed by atoms with van der Waals surface area (Å²) in [5, 5.41) is 0. The molecule has 0 atom stereocenters. The fraction of sp³-hybridized carbons (Fsp3) is 0.423. The average molecular weight is 449 g/mol. The number of carbonyl (C=O) groups excluding carboxylic acids is 1. The molecule has 0 saturated carbocycles. The predicted octanol–water partition coefficient (Wildman–Crippen LogP) is 4.53. The summed E-state index contributed by atoms with van der Waals surface area (Å²) < 4.78 is 13.4. The lowest BCUT2D eigenvalue weighted by molar-refractivity contribution is 0.0710. The molecule has 2 aromatic heterocycles. The number of rotatable bonds is 9. The van der Waals surface area contributed by atoms with Crippen LogP contribution in [-0.2, 0) is 6.54 Å². The monoisotopic (exact) mass is 448 g/mol. The number of ether oxygens (including phenoxy) is 2. The number of aromatic nitrogens is 3. The molecule has 0 aliphatic carbocycles. The minimum absolute atomic E-state index is 0.0354. The Morgan fingerprint density at radius 1 is 1.09 bits per heavy atom. The maximum absolute atomic E-state index is 13.2. The molecular formula is C26H32N4O3. The van der Waals surface area contributed by atoms with Crippen molar-refractivity contribution in [1.29, 1.82) is 0 Å². The number of piperidine rings is 1. The minimum atomic E-state index is 0.0354. The quantitative estimate of drug-likeness (QED) is 0.450. The van der Waals surface area contributed by atoms with Crippen LogP contribution in [0.4, 0.5) is 0 Å². The topological polar surface area (TPSA) is 69.5 Å². The summed E-state index contributed by atoms with van der Waals surface area (Å²) in [7, 11) is 1.62. The van der Waals surface area contributed by atoms with Crippen LogP contribution in [0.3, 0.4) is 0 Å². The molecule has 0 spiro atoms. The molecule has 3 heterocycles. The summed E-state index contributed by atoms with van der Waals surface area (Å²) in [4.78, 5) is 24.2. The fourth-order valence-electron chi connectivity index (χ4n) is 4.25. The van der Waals surface area contributed by atoms with Gasteiger partial charge < -0.3 is 18.9 Å². The SMILES string of the molecule is CCCCOc1cc(C(=O)N2CCC(c3nccn3Cc3ccccn3)CC2)ccc1OC. The molecule has 174 valence electrons. The molecule has 3 aromatic rings. The highest BCUT2D eigenvalue weighted by molar-refractivity contribution is 5.95. The molecule has 4 rings (SSSR count). The molecule has 1 aromatic carbocycles. The molecule has 1 amide bonds. The van der Waals surface area contributed by atoms with Crippen LogP contribution in [0.2, 0.25) is 0 Å². The second kappa shape index (κ2) is 11.0. The fourth-order valence-corrected chi connectivity index (χ4v) is 4.25. The molecule has 1 fully saturated rings. The highest BCUT2D eigenvalue weighted by Crippen LogP contribution is 2.31. The van der Waals surface area contributed by atoms with Crippen molar-refractivity contribution in [1.82, 2.24) is 19.4 Å². The molecule has 1 saturated heterocycles. The van der Waals surface area contributed by atoms with Gasteiger partial charge in [0, 0.05) is 43.2 Å². The van der Waals surface area contributed by atoms with Crippen LogP contribution in [0.25, 0.3) is 0 Å². The number of unbranched alkanes of at least 4 members (excludes halogenated alkanes) is 1. The number of benzene rings is 1. The smallest absolute Gasteiger partial charge is 0.253 e. The van der Waals surface area contributed by atoms with E-state index in [4.69, 9.17) is 9.47 Å². The van der Waals surface area contributed by atoms with Gasteiger partial charge in [-0.1, -0.05) is 19.4 Å². The van der Waals surface area contributed by atoms with E-state index in [9.17, 15) is 4.79 Å². The zero-order chi connectivity index (χ0) is 23.0. The molecule has 1 aliphatic rings. The molecule has 0 unspecified atom stereocenters. The van der Waals surface area contributed by atoms with Crippen molar-refractivity contribution in [3.05, 3.63) is 72.1 Å². The summed E-state index contributed by atoms with van der Waals surface area (Å²) in [6.45, 7) is 4.86. The number of methoxy groups -OCH3 is 1. The first-order valence-corrected chi connectivity index (χ1v) is 11.7. The Bertz CT molecular complexity index is 1040. The summed E-state index contributed by atoms with van der Waals surface area (Å²) >= 11 is 0. The van der Waals surface area contributed by atoms with Crippen molar-refractivity contribution < 1.29 is 14.3 Å². The van der Waals surface area contributed by atoms with Crippen molar-refractivity contribution in [2.45, 2.75) is 45.1 Å². The second-order valence-electron chi connectivity index (χ2n) is 8.37. The number of hydrogen-bond donors (Lipinski definition) is 0. The Morgan fingerprint density at radius 2 is 1.94 bits per heavy atom. The van der Waals surface area contributed by atoms with E-state index in [0.717, 1.165) is 37.2 Å². The first-order valence-electron chi connectivity index (χ1n) is 11.7. The molecule has 33 heavy (non-hydrogen) atoms. The molecule has 0 radical (unpaired) electrons. The minimum Gasteiger partial charge on any atom is -0.493 e. The van der Waals surface area contributed by atoms with E-state index in [2.05, 4.69) is 21.5 Å². The van der Waals surface area contributed by atoms with Crippen LogP contribution in [0.15, 0.2) is 55.0 Å². The summed E-state index contributed by atoms with van der Waals surface area (Å²) in [5.74, 6) is 2.72.